The summed E-state index contributed by atoms with van der Waals surface area (Å²) in [6.07, 6.45) is 3.84. The zero-order valence-corrected chi connectivity index (χ0v) is 5.70. The summed E-state index contributed by atoms with van der Waals surface area (Å²) >= 11 is 0. The van der Waals surface area contributed by atoms with Crippen LogP contribution in [0.25, 0.3) is 0 Å². The molecule has 0 saturated heterocycles. The van der Waals surface area contributed by atoms with Crippen molar-refractivity contribution in [3.8, 4) is 11.8 Å². The van der Waals surface area contributed by atoms with Crippen molar-refractivity contribution in [3.05, 3.63) is 18.1 Å². The van der Waals surface area contributed by atoms with Crippen molar-refractivity contribution >= 4 is 5.82 Å². The van der Waals surface area contributed by atoms with Gasteiger partial charge < -0.3 is 10.8 Å². The summed E-state index contributed by atoms with van der Waals surface area (Å²) in [5, 5.41) is 8.35. The number of aromatic nitrogens is 2. The van der Waals surface area contributed by atoms with E-state index in [4.69, 9.17) is 10.8 Å². The Morgan fingerprint density at radius 3 is 3.18 bits per heavy atom. The van der Waals surface area contributed by atoms with Crippen molar-refractivity contribution in [2.45, 2.75) is 0 Å². The maximum atomic E-state index is 8.35. The summed E-state index contributed by atoms with van der Waals surface area (Å²) in [4.78, 5) is 7.28. The van der Waals surface area contributed by atoms with E-state index in [1.165, 1.54) is 6.33 Å². The molecule has 1 aromatic heterocycles. The highest BCUT2D eigenvalue weighted by molar-refractivity contribution is 5.47. The van der Waals surface area contributed by atoms with E-state index in [0.717, 1.165) is 0 Å². The molecule has 0 aliphatic carbocycles. The number of aliphatic hydroxyl groups excluding tert-OH is 1. The standard InChI is InChI=1S/C7H6N3O/c8-7-6(2-1-3-11)4-9-5-10-7/h5,11H,3H2,(H2,8,9,10). The largest absolute Gasteiger partial charge is 0.384 e. The van der Waals surface area contributed by atoms with Gasteiger partial charge in [0.05, 0.1) is 5.56 Å². The Kier molecular flexibility index (Phi) is 2.42. The van der Waals surface area contributed by atoms with E-state index in [2.05, 4.69) is 28.0 Å². The first-order valence-electron chi connectivity index (χ1n) is 2.92. The third-order valence-electron chi connectivity index (χ3n) is 0.979. The van der Waals surface area contributed by atoms with Gasteiger partial charge in [0, 0.05) is 0 Å². The molecule has 4 nitrogen and oxygen atoms in total. The number of anilines is 1. The van der Waals surface area contributed by atoms with E-state index >= 15 is 0 Å². The lowest BCUT2D eigenvalue weighted by Crippen LogP contribution is -1.95. The summed E-state index contributed by atoms with van der Waals surface area (Å²) in [5.41, 5.74) is 5.81. The van der Waals surface area contributed by atoms with Crippen molar-refractivity contribution < 1.29 is 5.11 Å². The van der Waals surface area contributed by atoms with E-state index < -0.39 is 0 Å². The normalized spacial score (nSPS) is 8.45. The second-order valence-electron chi connectivity index (χ2n) is 1.71. The van der Waals surface area contributed by atoms with Gasteiger partial charge in [0.15, 0.2) is 0 Å². The number of rotatable bonds is 0. The van der Waals surface area contributed by atoms with Crippen LogP contribution in [-0.2, 0) is 0 Å². The second-order valence-corrected chi connectivity index (χ2v) is 1.71. The van der Waals surface area contributed by atoms with Crippen LogP contribution in [-0.4, -0.2) is 21.7 Å². The molecule has 4 heteroatoms. The molecular formula is C7H6N3O. The molecule has 0 atom stereocenters. The summed E-state index contributed by atoms with van der Waals surface area (Å²) in [6.45, 7) is -0.206. The van der Waals surface area contributed by atoms with Gasteiger partial charge in [-0.05, 0) is 0 Å². The molecule has 0 fully saturated rings. The third-order valence-corrected chi connectivity index (χ3v) is 0.979. The van der Waals surface area contributed by atoms with Crippen LogP contribution in [0.4, 0.5) is 5.82 Å². The summed E-state index contributed by atoms with van der Waals surface area (Å²) in [7, 11) is 0. The van der Waals surface area contributed by atoms with Crippen molar-refractivity contribution in [3.63, 3.8) is 0 Å². The van der Waals surface area contributed by atoms with Gasteiger partial charge in [-0.25, -0.2) is 9.97 Å². The number of nitrogens with zero attached hydrogens (tertiary/aromatic N) is 2. The molecule has 0 unspecified atom stereocenters. The monoisotopic (exact) mass is 148 g/mol. The van der Waals surface area contributed by atoms with E-state index in [-0.39, 0.29) is 12.4 Å². The molecular weight excluding hydrogens is 142 g/mol. The zero-order valence-electron chi connectivity index (χ0n) is 5.70. The molecule has 1 heterocycles. The van der Waals surface area contributed by atoms with Crippen LogP contribution in [0.2, 0.25) is 0 Å². The van der Waals surface area contributed by atoms with Gasteiger partial charge in [-0.3, -0.25) is 0 Å². The fourth-order valence-electron chi connectivity index (χ4n) is 0.526. The number of hydrogen-bond acceptors (Lipinski definition) is 4. The lowest BCUT2D eigenvalue weighted by atomic mass is 10.3. The molecule has 11 heavy (non-hydrogen) atoms. The molecule has 0 spiro atoms. The molecule has 0 saturated carbocycles. The number of hydrogen-bond donors (Lipinski definition) is 2. The van der Waals surface area contributed by atoms with E-state index in [1.807, 2.05) is 0 Å². The van der Waals surface area contributed by atoms with Crippen molar-refractivity contribution in [1.82, 2.24) is 9.97 Å². The Labute approximate surface area is 64.1 Å². The Morgan fingerprint density at radius 2 is 2.55 bits per heavy atom. The van der Waals surface area contributed by atoms with Crippen molar-refractivity contribution in [2.75, 3.05) is 12.3 Å². The minimum absolute atomic E-state index is 0.206. The molecule has 1 rings (SSSR count). The Bertz CT molecular complexity index is 300. The second kappa shape index (κ2) is 3.54. The predicted molar refractivity (Wildman–Crippen MR) is 39.2 cm³/mol. The molecule has 1 aromatic rings. The van der Waals surface area contributed by atoms with Crippen LogP contribution < -0.4 is 5.73 Å². The Morgan fingerprint density at radius 1 is 1.73 bits per heavy atom. The van der Waals surface area contributed by atoms with Crippen LogP contribution in [0.5, 0.6) is 0 Å². The lowest BCUT2D eigenvalue weighted by molar-refractivity contribution is 0.350. The predicted octanol–water partition coefficient (Wildman–Crippen LogP) is -0.797. The van der Waals surface area contributed by atoms with Gasteiger partial charge in [-0.1, -0.05) is 11.8 Å². The van der Waals surface area contributed by atoms with E-state index in [9.17, 15) is 0 Å². The average molecular weight is 148 g/mol. The topological polar surface area (TPSA) is 72.0 Å². The molecule has 0 aliphatic rings. The maximum absolute atomic E-state index is 8.35. The van der Waals surface area contributed by atoms with E-state index in [0.29, 0.717) is 5.56 Å². The van der Waals surface area contributed by atoms with Crippen LogP contribution in [0.1, 0.15) is 5.56 Å². The van der Waals surface area contributed by atoms with Crippen molar-refractivity contribution in [1.29, 1.82) is 0 Å². The van der Waals surface area contributed by atoms with E-state index in [1.54, 1.807) is 0 Å². The first-order valence-corrected chi connectivity index (χ1v) is 2.92. The quantitative estimate of drug-likeness (QED) is 0.472. The van der Waals surface area contributed by atoms with Crippen LogP contribution in [0, 0.1) is 18.0 Å². The smallest absolute Gasteiger partial charge is 0.143 e. The first-order chi connectivity index (χ1) is 5.34. The number of aliphatic hydroxyl groups is 1. The highest BCUT2D eigenvalue weighted by Crippen LogP contribution is 2.00. The fourth-order valence-corrected chi connectivity index (χ4v) is 0.526. The van der Waals surface area contributed by atoms with Gasteiger partial charge in [0.25, 0.3) is 0 Å². The average Bonchev–Trinajstić information content (AvgIpc) is 2.03. The zero-order chi connectivity index (χ0) is 8.10. The first kappa shape index (κ1) is 7.51. The lowest BCUT2D eigenvalue weighted by Gasteiger charge is -1.91. The highest BCUT2D eigenvalue weighted by Gasteiger charge is 1.93. The van der Waals surface area contributed by atoms with Crippen LogP contribution in [0.15, 0.2) is 6.33 Å². The molecule has 1 radical (unpaired) electrons. The maximum Gasteiger partial charge on any atom is 0.143 e. The van der Waals surface area contributed by atoms with Crippen LogP contribution >= 0.6 is 0 Å². The SMILES string of the molecule is Nc1ncn[c]c1C#CCO. The third kappa shape index (κ3) is 1.92. The molecule has 55 valence electrons. The molecule has 0 aromatic carbocycles. The Balaban J connectivity index is 2.95. The molecule has 0 bridgehead atoms. The summed E-state index contributed by atoms with van der Waals surface area (Å²) < 4.78 is 0. The molecule has 0 amide bonds. The minimum atomic E-state index is -0.206. The van der Waals surface area contributed by atoms with Gasteiger partial charge >= 0.3 is 0 Å². The highest BCUT2D eigenvalue weighted by atomic mass is 16.2. The fraction of sp³-hybridized carbons (Fsp3) is 0.143. The summed E-state index contributed by atoms with van der Waals surface area (Å²) in [6, 6.07) is 0. The van der Waals surface area contributed by atoms with Gasteiger partial charge in [-0.15, -0.1) is 0 Å². The number of nitrogen functional groups attached to an aromatic ring is 1. The van der Waals surface area contributed by atoms with Gasteiger partial charge in [0.1, 0.15) is 24.9 Å². The van der Waals surface area contributed by atoms with Gasteiger partial charge in [0.2, 0.25) is 0 Å². The van der Waals surface area contributed by atoms with Gasteiger partial charge in [-0.2, -0.15) is 0 Å². The Hall–Kier alpha value is -1.60. The number of nitrogens with two attached hydrogens (primary N) is 1. The van der Waals surface area contributed by atoms with Crippen molar-refractivity contribution in [2.24, 2.45) is 0 Å². The minimum Gasteiger partial charge on any atom is -0.384 e. The molecule has 0 aliphatic heterocycles. The molecule has 3 N–H and O–H groups in total. The summed E-state index contributed by atoms with van der Waals surface area (Å²) in [5.74, 6) is 5.26. The van der Waals surface area contributed by atoms with Crippen LogP contribution in [0.3, 0.4) is 0 Å².